The first-order valence-electron chi connectivity index (χ1n) is 9.06. The molecule has 1 saturated carbocycles. The quantitative estimate of drug-likeness (QED) is 0.819. The predicted octanol–water partition coefficient (Wildman–Crippen LogP) is 4.34. The molecule has 1 amide bonds. The molecule has 1 aromatic heterocycles. The van der Waals surface area contributed by atoms with Gasteiger partial charge in [-0.1, -0.05) is 43.9 Å². The number of carbonyl (C=O) groups excluding carboxylic acids is 1. The van der Waals surface area contributed by atoms with E-state index < -0.39 is 0 Å². The molecule has 2 aromatic rings. The maximum atomic E-state index is 12.2. The van der Waals surface area contributed by atoms with Crippen molar-refractivity contribution in [2.45, 2.75) is 63.8 Å². The van der Waals surface area contributed by atoms with Crippen LogP contribution in [0.15, 0.2) is 30.5 Å². The molecule has 1 fully saturated rings. The van der Waals surface area contributed by atoms with Crippen molar-refractivity contribution in [1.29, 1.82) is 0 Å². The molecule has 0 aliphatic heterocycles. The second-order valence-corrected chi connectivity index (χ2v) is 6.89. The van der Waals surface area contributed by atoms with Gasteiger partial charge in [-0.05, 0) is 37.3 Å². The van der Waals surface area contributed by atoms with Crippen LogP contribution >= 0.6 is 0 Å². The van der Waals surface area contributed by atoms with E-state index in [1.165, 1.54) is 42.1 Å². The van der Waals surface area contributed by atoms with Crippen LogP contribution in [0.4, 0.5) is 0 Å². The fraction of sp³-hybridized carbons (Fsp3) is 0.550. The monoisotopic (exact) mass is 312 g/mol. The van der Waals surface area contributed by atoms with Crippen molar-refractivity contribution < 1.29 is 4.79 Å². The number of aromatic nitrogens is 1. The summed E-state index contributed by atoms with van der Waals surface area (Å²) in [4.78, 5) is 12.2. The van der Waals surface area contributed by atoms with Crippen LogP contribution in [0.3, 0.4) is 0 Å². The molecule has 23 heavy (non-hydrogen) atoms. The maximum absolute atomic E-state index is 12.2. The van der Waals surface area contributed by atoms with Crippen LogP contribution in [0.1, 0.15) is 56.9 Å². The third-order valence-corrected chi connectivity index (χ3v) is 5.05. The van der Waals surface area contributed by atoms with Gasteiger partial charge in [0.05, 0.1) is 0 Å². The number of hydrogen-bond donors (Lipinski definition) is 1. The SMILES string of the molecule is Cn1cc(CCCC(=O)NC2CCCCCC2)c2ccccc21. The van der Waals surface area contributed by atoms with Gasteiger partial charge in [-0.25, -0.2) is 0 Å². The summed E-state index contributed by atoms with van der Waals surface area (Å²) >= 11 is 0. The second kappa shape index (κ2) is 7.67. The molecule has 1 N–H and O–H groups in total. The van der Waals surface area contributed by atoms with Crippen LogP contribution in [0.2, 0.25) is 0 Å². The van der Waals surface area contributed by atoms with Crippen LogP contribution in [-0.2, 0) is 18.3 Å². The number of nitrogens with one attached hydrogen (secondary N) is 1. The number of nitrogens with zero attached hydrogens (tertiary/aromatic N) is 1. The van der Waals surface area contributed by atoms with Crippen molar-refractivity contribution in [3.63, 3.8) is 0 Å². The van der Waals surface area contributed by atoms with Crippen molar-refractivity contribution in [3.05, 3.63) is 36.0 Å². The fourth-order valence-electron chi connectivity index (χ4n) is 3.79. The van der Waals surface area contributed by atoms with Crippen LogP contribution in [0.5, 0.6) is 0 Å². The molecule has 0 radical (unpaired) electrons. The molecule has 0 atom stereocenters. The summed E-state index contributed by atoms with van der Waals surface area (Å²) < 4.78 is 2.18. The van der Waals surface area contributed by atoms with Gasteiger partial charge in [-0.15, -0.1) is 0 Å². The van der Waals surface area contributed by atoms with Gasteiger partial charge in [-0.2, -0.15) is 0 Å². The first kappa shape index (κ1) is 16.1. The van der Waals surface area contributed by atoms with E-state index in [4.69, 9.17) is 0 Å². The lowest BCUT2D eigenvalue weighted by atomic mass is 10.1. The van der Waals surface area contributed by atoms with Gasteiger partial charge in [0, 0.05) is 36.6 Å². The molecular weight excluding hydrogens is 284 g/mol. The van der Waals surface area contributed by atoms with Crippen molar-refractivity contribution in [2.75, 3.05) is 0 Å². The average molecular weight is 312 g/mol. The number of amides is 1. The third kappa shape index (κ3) is 4.15. The van der Waals surface area contributed by atoms with E-state index in [1.807, 2.05) is 0 Å². The Morgan fingerprint density at radius 2 is 1.91 bits per heavy atom. The van der Waals surface area contributed by atoms with Crippen LogP contribution < -0.4 is 5.32 Å². The minimum absolute atomic E-state index is 0.233. The van der Waals surface area contributed by atoms with Gasteiger partial charge >= 0.3 is 0 Å². The minimum Gasteiger partial charge on any atom is -0.353 e. The van der Waals surface area contributed by atoms with E-state index in [0.717, 1.165) is 25.7 Å². The molecule has 0 spiro atoms. The summed E-state index contributed by atoms with van der Waals surface area (Å²) in [6, 6.07) is 8.91. The van der Waals surface area contributed by atoms with E-state index in [-0.39, 0.29) is 5.91 Å². The van der Waals surface area contributed by atoms with E-state index in [9.17, 15) is 4.79 Å². The summed E-state index contributed by atoms with van der Waals surface area (Å²) in [7, 11) is 2.09. The van der Waals surface area contributed by atoms with E-state index in [1.54, 1.807) is 0 Å². The third-order valence-electron chi connectivity index (χ3n) is 5.05. The van der Waals surface area contributed by atoms with Crippen LogP contribution in [0, 0.1) is 0 Å². The predicted molar refractivity (Wildman–Crippen MR) is 95.5 cm³/mol. The molecule has 1 aliphatic carbocycles. The Labute approximate surface area is 139 Å². The van der Waals surface area contributed by atoms with Crippen LogP contribution in [-0.4, -0.2) is 16.5 Å². The summed E-state index contributed by atoms with van der Waals surface area (Å²) in [5.74, 6) is 0.233. The van der Waals surface area contributed by atoms with Gasteiger partial charge in [0.25, 0.3) is 0 Å². The summed E-state index contributed by atoms with van der Waals surface area (Å²) in [6.07, 6.45) is 12.2. The number of fused-ring (bicyclic) bond motifs is 1. The van der Waals surface area contributed by atoms with Crippen molar-refractivity contribution in [3.8, 4) is 0 Å². The Hall–Kier alpha value is -1.77. The Kier molecular flexibility index (Phi) is 5.37. The molecule has 3 heteroatoms. The van der Waals surface area contributed by atoms with Crippen molar-refractivity contribution >= 4 is 16.8 Å². The highest BCUT2D eigenvalue weighted by atomic mass is 16.1. The molecule has 0 unspecified atom stereocenters. The molecule has 0 bridgehead atoms. The zero-order valence-corrected chi connectivity index (χ0v) is 14.2. The van der Waals surface area contributed by atoms with Gasteiger partial charge < -0.3 is 9.88 Å². The van der Waals surface area contributed by atoms with Gasteiger partial charge in [0.1, 0.15) is 0 Å². The maximum Gasteiger partial charge on any atom is 0.220 e. The highest BCUT2D eigenvalue weighted by molar-refractivity contribution is 5.84. The molecular formula is C20H28N2O. The first-order chi connectivity index (χ1) is 11.2. The molecule has 3 nitrogen and oxygen atoms in total. The number of rotatable bonds is 5. The lowest BCUT2D eigenvalue weighted by Gasteiger charge is -2.16. The Morgan fingerprint density at radius 1 is 1.17 bits per heavy atom. The van der Waals surface area contributed by atoms with Gasteiger partial charge in [-0.3, -0.25) is 4.79 Å². The van der Waals surface area contributed by atoms with Crippen LogP contribution in [0.25, 0.3) is 10.9 Å². The van der Waals surface area contributed by atoms with Gasteiger partial charge in [0.2, 0.25) is 5.91 Å². The number of para-hydroxylation sites is 1. The summed E-state index contributed by atoms with van der Waals surface area (Å²) in [5.41, 5.74) is 2.62. The molecule has 1 aromatic carbocycles. The first-order valence-corrected chi connectivity index (χ1v) is 9.06. The highest BCUT2D eigenvalue weighted by Crippen LogP contribution is 2.22. The largest absolute Gasteiger partial charge is 0.353 e. The Balaban J connectivity index is 1.49. The van der Waals surface area contributed by atoms with E-state index >= 15 is 0 Å². The molecule has 1 aliphatic rings. The lowest BCUT2D eigenvalue weighted by molar-refractivity contribution is -0.121. The minimum atomic E-state index is 0.233. The van der Waals surface area contributed by atoms with Crippen molar-refractivity contribution in [2.24, 2.45) is 7.05 Å². The zero-order valence-electron chi connectivity index (χ0n) is 14.2. The Bertz CT molecular complexity index is 651. The van der Waals surface area contributed by atoms with E-state index in [2.05, 4.69) is 47.4 Å². The highest BCUT2D eigenvalue weighted by Gasteiger charge is 2.14. The topological polar surface area (TPSA) is 34.0 Å². The second-order valence-electron chi connectivity index (χ2n) is 6.89. The normalized spacial score (nSPS) is 16.4. The lowest BCUT2D eigenvalue weighted by Crippen LogP contribution is -2.34. The van der Waals surface area contributed by atoms with Crippen molar-refractivity contribution in [1.82, 2.24) is 9.88 Å². The standard InChI is InChI=1S/C20H28N2O/c1-22-15-16(18-12-6-7-13-19(18)22)9-8-14-20(23)21-17-10-4-2-3-5-11-17/h6-7,12-13,15,17H,2-5,8-11,14H2,1H3,(H,21,23). The van der Waals surface area contributed by atoms with Gasteiger partial charge in [0.15, 0.2) is 0 Å². The number of carbonyl (C=O) groups is 1. The summed E-state index contributed by atoms with van der Waals surface area (Å²) in [6.45, 7) is 0. The fourth-order valence-corrected chi connectivity index (χ4v) is 3.79. The smallest absolute Gasteiger partial charge is 0.220 e. The average Bonchev–Trinajstić information content (AvgIpc) is 2.73. The number of aryl methyl sites for hydroxylation is 2. The number of benzene rings is 1. The number of hydrogen-bond acceptors (Lipinski definition) is 1. The Morgan fingerprint density at radius 3 is 2.70 bits per heavy atom. The molecule has 1 heterocycles. The molecule has 124 valence electrons. The molecule has 3 rings (SSSR count). The van der Waals surface area contributed by atoms with E-state index in [0.29, 0.717) is 12.5 Å². The summed E-state index contributed by atoms with van der Waals surface area (Å²) in [5, 5.41) is 4.56. The zero-order chi connectivity index (χ0) is 16.1. The molecule has 0 saturated heterocycles.